The minimum absolute atomic E-state index is 0.237. The molecule has 1 amide bonds. The molecule has 1 heterocycles. The number of benzene rings is 2. The number of hydrogen-bond donors (Lipinski definition) is 1. The minimum Gasteiger partial charge on any atom is -0.493 e. The Morgan fingerprint density at radius 1 is 1.28 bits per heavy atom. The molecule has 3 rings (SSSR count). The summed E-state index contributed by atoms with van der Waals surface area (Å²) < 4.78 is 11.1. The molecule has 0 saturated carbocycles. The van der Waals surface area contributed by atoms with Crippen molar-refractivity contribution in [1.29, 1.82) is 0 Å². The molecule has 6 nitrogen and oxygen atoms in total. The Morgan fingerprint density at radius 3 is 2.69 bits per heavy atom. The van der Waals surface area contributed by atoms with Crippen LogP contribution in [0.1, 0.15) is 16.7 Å². The minimum atomic E-state index is -1.11. The normalized spacial score (nSPS) is 15.1. The SMILES string of the molecule is COc1cccc(/C=C2\SC(=S)N(c3ccc(C)cc3C)C2=O)c1OCC(=O)O. The van der Waals surface area contributed by atoms with Gasteiger partial charge >= 0.3 is 5.97 Å². The van der Waals surface area contributed by atoms with E-state index >= 15 is 0 Å². The Bertz CT molecular complexity index is 1030. The summed E-state index contributed by atoms with van der Waals surface area (Å²) in [4.78, 5) is 25.9. The molecule has 1 aliphatic heterocycles. The number of rotatable bonds is 6. The van der Waals surface area contributed by atoms with Crippen molar-refractivity contribution in [2.24, 2.45) is 0 Å². The lowest BCUT2D eigenvalue weighted by Gasteiger charge is -2.17. The van der Waals surface area contributed by atoms with Gasteiger partial charge in [-0.2, -0.15) is 0 Å². The summed E-state index contributed by atoms with van der Waals surface area (Å²) in [6.45, 7) is 3.40. The number of methoxy groups -OCH3 is 1. The van der Waals surface area contributed by atoms with E-state index in [0.29, 0.717) is 20.5 Å². The van der Waals surface area contributed by atoms with Crippen LogP contribution < -0.4 is 14.4 Å². The fourth-order valence-corrected chi connectivity index (χ4v) is 4.24. The van der Waals surface area contributed by atoms with Crippen LogP contribution in [0.15, 0.2) is 41.3 Å². The molecule has 0 unspecified atom stereocenters. The summed E-state index contributed by atoms with van der Waals surface area (Å²) in [5.74, 6) is -0.707. The van der Waals surface area contributed by atoms with Gasteiger partial charge in [0.25, 0.3) is 5.91 Å². The molecule has 1 N–H and O–H groups in total. The second-order valence-corrected chi connectivity index (χ2v) is 8.04. The maximum Gasteiger partial charge on any atom is 0.341 e. The molecule has 1 saturated heterocycles. The van der Waals surface area contributed by atoms with Gasteiger partial charge in [0.15, 0.2) is 22.4 Å². The van der Waals surface area contributed by atoms with Gasteiger partial charge in [-0.15, -0.1) is 0 Å². The van der Waals surface area contributed by atoms with Crippen LogP contribution in [0.3, 0.4) is 0 Å². The number of nitrogens with zero attached hydrogens (tertiary/aromatic N) is 1. The van der Waals surface area contributed by atoms with Gasteiger partial charge < -0.3 is 14.6 Å². The van der Waals surface area contributed by atoms with Crippen LogP contribution in [0.4, 0.5) is 5.69 Å². The predicted octanol–water partition coefficient (Wildman–Crippen LogP) is 4.18. The number of aliphatic carboxylic acids is 1. The molecule has 0 atom stereocenters. The van der Waals surface area contributed by atoms with Gasteiger partial charge in [-0.05, 0) is 37.6 Å². The van der Waals surface area contributed by atoms with Crippen molar-refractivity contribution in [3.63, 3.8) is 0 Å². The number of thioether (sulfide) groups is 1. The summed E-state index contributed by atoms with van der Waals surface area (Å²) >= 11 is 6.63. The number of anilines is 1. The Hall–Kier alpha value is -2.84. The predicted molar refractivity (Wildman–Crippen MR) is 118 cm³/mol. The number of thiocarbonyl (C=S) groups is 1. The number of carboxylic acid groups (broad SMARTS) is 1. The van der Waals surface area contributed by atoms with Crippen molar-refractivity contribution in [3.8, 4) is 11.5 Å². The standard InChI is InChI=1S/C21H19NO5S2/c1-12-7-8-15(13(2)9-12)22-20(25)17(29-21(22)28)10-14-5-4-6-16(26-3)19(14)27-11-18(23)24/h4-10H,11H2,1-3H3,(H,23,24)/b17-10-. The molecule has 150 valence electrons. The topological polar surface area (TPSA) is 76.1 Å². The van der Waals surface area contributed by atoms with Crippen molar-refractivity contribution in [2.45, 2.75) is 13.8 Å². The van der Waals surface area contributed by atoms with E-state index in [4.69, 9.17) is 26.8 Å². The zero-order valence-electron chi connectivity index (χ0n) is 16.1. The van der Waals surface area contributed by atoms with E-state index in [0.717, 1.165) is 16.8 Å². The maximum atomic E-state index is 13.1. The lowest BCUT2D eigenvalue weighted by atomic mass is 10.1. The van der Waals surface area contributed by atoms with E-state index in [-0.39, 0.29) is 11.7 Å². The van der Waals surface area contributed by atoms with Crippen LogP contribution in [-0.4, -0.2) is 35.0 Å². The molecule has 1 aliphatic rings. The molecule has 0 aliphatic carbocycles. The number of amides is 1. The van der Waals surface area contributed by atoms with Gasteiger partial charge in [0.05, 0.1) is 17.7 Å². The third kappa shape index (κ3) is 4.44. The maximum absolute atomic E-state index is 13.1. The Labute approximate surface area is 178 Å². The van der Waals surface area contributed by atoms with Crippen LogP contribution in [0.2, 0.25) is 0 Å². The van der Waals surface area contributed by atoms with Gasteiger partial charge in [-0.1, -0.05) is 53.8 Å². The Morgan fingerprint density at radius 2 is 2.03 bits per heavy atom. The van der Waals surface area contributed by atoms with Gasteiger partial charge in [-0.3, -0.25) is 9.69 Å². The summed E-state index contributed by atoms with van der Waals surface area (Å²) in [7, 11) is 1.46. The summed E-state index contributed by atoms with van der Waals surface area (Å²) in [5.41, 5.74) is 3.33. The van der Waals surface area contributed by atoms with Crippen LogP contribution in [0, 0.1) is 13.8 Å². The highest BCUT2D eigenvalue weighted by molar-refractivity contribution is 8.27. The van der Waals surface area contributed by atoms with Crippen LogP contribution in [-0.2, 0) is 9.59 Å². The molecule has 0 bridgehead atoms. The summed E-state index contributed by atoms with van der Waals surface area (Å²) in [6, 6.07) is 10.9. The number of hydrogen-bond acceptors (Lipinski definition) is 6. The highest BCUT2D eigenvalue weighted by Crippen LogP contribution is 2.40. The average Bonchev–Trinajstić information content (AvgIpc) is 2.94. The molecule has 29 heavy (non-hydrogen) atoms. The first-order valence-electron chi connectivity index (χ1n) is 8.68. The Kier molecular flexibility index (Phi) is 6.24. The van der Waals surface area contributed by atoms with Gasteiger partial charge in [0.2, 0.25) is 0 Å². The van der Waals surface area contributed by atoms with E-state index < -0.39 is 12.6 Å². The molecule has 0 spiro atoms. The third-order valence-corrected chi connectivity index (χ3v) is 5.54. The fourth-order valence-electron chi connectivity index (χ4n) is 2.97. The van der Waals surface area contributed by atoms with E-state index in [2.05, 4.69) is 0 Å². The summed E-state index contributed by atoms with van der Waals surface area (Å²) in [6.07, 6.45) is 1.64. The first-order chi connectivity index (χ1) is 13.8. The van der Waals surface area contributed by atoms with E-state index in [1.54, 1.807) is 24.3 Å². The monoisotopic (exact) mass is 429 g/mol. The molecule has 2 aromatic rings. The van der Waals surface area contributed by atoms with Crippen molar-refractivity contribution in [2.75, 3.05) is 18.6 Å². The van der Waals surface area contributed by atoms with E-state index in [1.165, 1.54) is 23.8 Å². The van der Waals surface area contributed by atoms with Crippen LogP contribution in [0.25, 0.3) is 6.08 Å². The molecule has 1 fully saturated rings. The van der Waals surface area contributed by atoms with E-state index in [9.17, 15) is 9.59 Å². The lowest BCUT2D eigenvalue weighted by molar-refractivity contribution is -0.139. The fraction of sp³-hybridized carbons (Fsp3) is 0.190. The highest BCUT2D eigenvalue weighted by atomic mass is 32.2. The lowest BCUT2D eigenvalue weighted by Crippen LogP contribution is -2.28. The third-order valence-electron chi connectivity index (χ3n) is 4.24. The first-order valence-corrected chi connectivity index (χ1v) is 9.91. The molecule has 8 heteroatoms. The Balaban J connectivity index is 1.98. The second kappa shape index (κ2) is 8.67. The number of aryl methyl sites for hydroxylation is 2. The number of carboxylic acids is 1. The average molecular weight is 430 g/mol. The van der Waals surface area contributed by atoms with Crippen molar-refractivity contribution < 1.29 is 24.2 Å². The number of para-hydroxylation sites is 1. The molecular weight excluding hydrogens is 410 g/mol. The second-order valence-electron chi connectivity index (χ2n) is 6.37. The number of carbonyl (C=O) groups is 2. The zero-order chi connectivity index (χ0) is 21.1. The van der Waals surface area contributed by atoms with Crippen molar-refractivity contribution in [1.82, 2.24) is 0 Å². The van der Waals surface area contributed by atoms with Gasteiger partial charge in [0.1, 0.15) is 0 Å². The summed E-state index contributed by atoms with van der Waals surface area (Å²) in [5, 5.41) is 8.93. The molecule has 2 aromatic carbocycles. The van der Waals surface area contributed by atoms with Crippen molar-refractivity contribution in [3.05, 3.63) is 58.0 Å². The zero-order valence-corrected chi connectivity index (χ0v) is 17.7. The van der Waals surface area contributed by atoms with Crippen molar-refractivity contribution >= 4 is 51.9 Å². The quantitative estimate of drug-likeness (QED) is 0.545. The van der Waals surface area contributed by atoms with Gasteiger partial charge in [0, 0.05) is 5.56 Å². The van der Waals surface area contributed by atoms with Crippen LogP contribution in [0.5, 0.6) is 11.5 Å². The first kappa shape index (κ1) is 20.9. The van der Waals surface area contributed by atoms with Gasteiger partial charge in [-0.25, -0.2) is 4.79 Å². The largest absolute Gasteiger partial charge is 0.493 e. The highest BCUT2D eigenvalue weighted by Gasteiger charge is 2.34. The number of ether oxygens (including phenoxy) is 2. The number of carbonyl (C=O) groups excluding carboxylic acids is 1. The smallest absolute Gasteiger partial charge is 0.341 e. The molecular formula is C21H19NO5S2. The molecule has 0 aromatic heterocycles. The van der Waals surface area contributed by atoms with E-state index in [1.807, 2.05) is 32.0 Å². The molecule has 0 radical (unpaired) electrons. The van der Waals surface area contributed by atoms with Crippen LogP contribution >= 0.6 is 24.0 Å².